The fourth-order valence-corrected chi connectivity index (χ4v) is 5.01. The minimum absolute atomic E-state index is 0.0246. The van der Waals surface area contributed by atoms with Crippen molar-refractivity contribution >= 4 is 23.2 Å². The summed E-state index contributed by atoms with van der Waals surface area (Å²) in [4.78, 5) is 33.0. The first-order valence-corrected chi connectivity index (χ1v) is 14.8. The van der Waals surface area contributed by atoms with Crippen LogP contribution < -0.4 is 19.7 Å². The van der Waals surface area contributed by atoms with Gasteiger partial charge >= 0.3 is 0 Å². The quantitative estimate of drug-likeness (QED) is 0.188. The van der Waals surface area contributed by atoms with E-state index < -0.39 is 0 Å². The molecule has 3 aromatic carbocycles. The van der Waals surface area contributed by atoms with E-state index in [-0.39, 0.29) is 24.5 Å². The van der Waals surface area contributed by atoms with Gasteiger partial charge in [-0.15, -0.1) is 0 Å². The number of amides is 1. The summed E-state index contributed by atoms with van der Waals surface area (Å²) in [6.07, 6.45) is 0.0798. The number of aromatic nitrogens is 1. The first kappa shape index (κ1) is 29.8. The summed E-state index contributed by atoms with van der Waals surface area (Å²) >= 11 is 0. The van der Waals surface area contributed by atoms with Gasteiger partial charge in [-0.3, -0.25) is 9.59 Å². The van der Waals surface area contributed by atoms with Crippen LogP contribution in [0.4, 0.5) is 11.5 Å². The number of Topliss-reactive ketones (excluding diaryl/α,β-unsaturated/α-hetero) is 1. The third-order valence-corrected chi connectivity index (χ3v) is 7.18. The number of ether oxygens (including phenoxy) is 3. The van der Waals surface area contributed by atoms with Crippen molar-refractivity contribution < 1.29 is 23.8 Å². The Bertz CT molecular complexity index is 1530. The minimum Gasteiger partial charge on any atom is -0.490 e. The van der Waals surface area contributed by atoms with Crippen LogP contribution in [0.15, 0.2) is 84.9 Å². The average molecular weight is 580 g/mol. The van der Waals surface area contributed by atoms with Gasteiger partial charge in [0.05, 0.1) is 32.1 Å². The van der Waals surface area contributed by atoms with E-state index in [1.165, 1.54) is 0 Å². The zero-order chi connectivity index (χ0) is 30.0. The molecule has 1 fully saturated rings. The Labute approximate surface area is 252 Å². The Morgan fingerprint density at radius 2 is 1.51 bits per heavy atom. The molecule has 1 aromatic heterocycles. The number of anilines is 2. The van der Waals surface area contributed by atoms with Gasteiger partial charge in [-0.25, -0.2) is 4.98 Å². The number of carbonyl (C=O) groups excluding carboxylic acids is 2. The fourth-order valence-electron chi connectivity index (χ4n) is 5.01. The van der Waals surface area contributed by atoms with Crippen LogP contribution in [0, 0.1) is 0 Å². The molecule has 1 aliphatic rings. The van der Waals surface area contributed by atoms with E-state index in [2.05, 4.69) is 34.5 Å². The molecule has 0 spiro atoms. The molecule has 8 nitrogen and oxygen atoms in total. The van der Waals surface area contributed by atoms with Crippen LogP contribution in [0.5, 0.6) is 11.5 Å². The number of rotatable bonds is 12. The highest BCUT2D eigenvalue weighted by Crippen LogP contribution is 2.31. The number of pyridine rings is 1. The number of hydrogen-bond donors (Lipinski definition) is 1. The molecule has 1 amide bonds. The Morgan fingerprint density at radius 1 is 0.791 bits per heavy atom. The third kappa shape index (κ3) is 7.78. The van der Waals surface area contributed by atoms with Crippen molar-refractivity contribution in [3.05, 3.63) is 90.5 Å². The third-order valence-electron chi connectivity index (χ3n) is 7.18. The largest absolute Gasteiger partial charge is 0.490 e. The van der Waals surface area contributed by atoms with Gasteiger partial charge in [0.15, 0.2) is 17.3 Å². The fraction of sp³-hybridized carbons (Fsp3) is 0.286. The molecule has 2 heterocycles. The number of nitrogens with one attached hydrogen (secondary N) is 1. The number of carbonyl (C=O) groups is 2. The highest BCUT2D eigenvalue weighted by molar-refractivity contribution is 6.00. The van der Waals surface area contributed by atoms with E-state index in [1.807, 2.05) is 56.3 Å². The summed E-state index contributed by atoms with van der Waals surface area (Å²) in [5, 5.41) is 2.92. The lowest BCUT2D eigenvalue weighted by atomic mass is 10.0. The first-order valence-electron chi connectivity index (χ1n) is 14.8. The molecule has 4 aromatic rings. The average Bonchev–Trinajstić information content (AvgIpc) is 3.05. The van der Waals surface area contributed by atoms with Crippen molar-refractivity contribution in [1.29, 1.82) is 0 Å². The molecule has 1 aliphatic heterocycles. The SMILES string of the molecule is CCOc1ccc(C(=O)CCC(=O)Nc2cc(-c3ccc(N4CCOCC4)cc3)cc(-c3ccccc3)n2)cc1OCC. The summed E-state index contributed by atoms with van der Waals surface area (Å²) in [5.74, 6) is 1.12. The van der Waals surface area contributed by atoms with Crippen molar-refractivity contribution in [2.45, 2.75) is 26.7 Å². The molecular formula is C35H37N3O5. The van der Waals surface area contributed by atoms with Gasteiger partial charge < -0.3 is 24.4 Å². The zero-order valence-electron chi connectivity index (χ0n) is 24.7. The van der Waals surface area contributed by atoms with Crippen molar-refractivity contribution in [1.82, 2.24) is 4.98 Å². The maximum absolute atomic E-state index is 13.0. The highest BCUT2D eigenvalue weighted by Gasteiger charge is 2.16. The molecule has 8 heteroatoms. The molecule has 5 rings (SSSR count). The predicted octanol–water partition coefficient (Wildman–Crippen LogP) is 6.65. The molecule has 1 saturated heterocycles. The number of benzene rings is 3. The van der Waals surface area contributed by atoms with Crippen molar-refractivity contribution in [2.24, 2.45) is 0 Å². The predicted molar refractivity (Wildman–Crippen MR) is 169 cm³/mol. The first-order chi connectivity index (χ1) is 21.0. The molecule has 0 atom stereocenters. The van der Waals surface area contributed by atoms with Crippen molar-refractivity contribution in [2.75, 3.05) is 49.7 Å². The van der Waals surface area contributed by atoms with Crippen LogP contribution in [-0.2, 0) is 9.53 Å². The molecule has 43 heavy (non-hydrogen) atoms. The summed E-state index contributed by atoms with van der Waals surface area (Å²) in [6, 6.07) is 27.3. The van der Waals surface area contributed by atoms with Gasteiger partial charge in [0.2, 0.25) is 5.91 Å². The van der Waals surface area contributed by atoms with Crippen LogP contribution in [0.3, 0.4) is 0 Å². The number of hydrogen-bond acceptors (Lipinski definition) is 7. The van der Waals surface area contributed by atoms with Gasteiger partial charge in [-0.1, -0.05) is 42.5 Å². The highest BCUT2D eigenvalue weighted by atomic mass is 16.5. The Hall–Kier alpha value is -4.69. The lowest BCUT2D eigenvalue weighted by molar-refractivity contribution is -0.116. The normalized spacial score (nSPS) is 12.9. The maximum atomic E-state index is 13.0. The Morgan fingerprint density at radius 3 is 2.23 bits per heavy atom. The number of morpholine rings is 1. The van der Waals surface area contributed by atoms with Crippen LogP contribution in [0.2, 0.25) is 0 Å². The van der Waals surface area contributed by atoms with E-state index in [1.54, 1.807) is 18.2 Å². The van der Waals surface area contributed by atoms with Crippen molar-refractivity contribution in [3.63, 3.8) is 0 Å². The van der Waals surface area contributed by atoms with Gasteiger partial charge in [0.1, 0.15) is 5.82 Å². The number of nitrogens with zero attached hydrogens (tertiary/aromatic N) is 2. The van der Waals surface area contributed by atoms with Crippen molar-refractivity contribution in [3.8, 4) is 33.9 Å². The molecular weight excluding hydrogens is 542 g/mol. The summed E-state index contributed by atoms with van der Waals surface area (Å²) in [5.41, 5.74) is 5.28. The van der Waals surface area contributed by atoms with Gasteiger partial charge in [-0.2, -0.15) is 0 Å². The molecule has 0 radical (unpaired) electrons. The van der Waals surface area contributed by atoms with E-state index in [4.69, 9.17) is 19.2 Å². The van der Waals surface area contributed by atoms with Crippen LogP contribution >= 0.6 is 0 Å². The van der Waals surface area contributed by atoms with E-state index in [0.717, 1.165) is 54.4 Å². The minimum atomic E-state index is -0.282. The Balaban J connectivity index is 1.31. The standard InChI is InChI=1S/C35H37N3O5/c1-3-42-32-16-12-27(23-33(32)43-4-2)31(39)15-17-35(40)37-34-24-28(22-30(36-34)26-8-6-5-7-9-26)25-10-13-29(14-11-25)38-18-20-41-21-19-38/h5-14,16,22-24H,3-4,15,17-21H2,1-2H3,(H,36,37,40). The summed E-state index contributed by atoms with van der Waals surface area (Å²) in [6.45, 7) is 7.93. The topological polar surface area (TPSA) is 90.0 Å². The Kier molecular flexibility index (Phi) is 10.0. The molecule has 0 saturated carbocycles. The zero-order valence-corrected chi connectivity index (χ0v) is 24.7. The van der Waals surface area contributed by atoms with Gasteiger partial charge in [0, 0.05) is 42.7 Å². The van der Waals surface area contributed by atoms with Gasteiger partial charge in [-0.05, 0) is 67.4 Å². The molecule has 0 bridgehead atoms. The second-order valence-electron chi connectivity index (χ2n) is 10.1. The van der Waals surface area contributed by atoms with E-state index in [0.29, 0.717) is 36.1 Å². The van der Waals surface area contributed by atoms with Crippen LogP contribution in [0.25, 0.3) is 22.4 Å². The van der Waals surface area contributed by atoms with Gasteiger partial charge in [0.25, 0.3) is 0 Å². The lowest BCUT2D eigenvalue weighted by Crippen LogP contribution is -2.36. The second kappa shape index (κ2) is 14.5. The number of ketones is 1. The maximum Gasteiger partial charge on any atom is 0.225 e. The summed E-state index contributed by atoms with van der Waals surface area (Å²) < 4.78 is 16.7. The lowest BCUT2D eigenvalue weighted by Gasteiger charge is -2.29. The second-order valence-corrected chi connectivity index (χ2v) is 10.1. The van der Waals surface area contributed by atoms with Crippen LogP contribution in [0.1, 0.15) is 37.0 Å². The molecule has 1 N–H and O–H groups in total. The van der Waals surface area contributed by atoms with E-state index >= 15 is 0 Å². The molecule has 0 unspecified atom stereocenters. The molecule has 0 aliphatic carbocycles. The van der Waals surface area contributed by atoms with E-state index in [9.17, 15) is 9.59 Å². The monoisotopic (exact) mass is 579 g/mol. The van der Waals surface area contributed by atoms with Crippen LogP contribution in [-0.4, -0.2) is 56.2 Å². The smallest absolute Gasteiger partial charge is 0.225 e. The summed E-state index contributed by atoms with van der Waals surface area (Å²) in [7, 11) is 0. The molecule has 222 valence electrons.